The van der Waals surface area contributed by atoms with Crippen molar-refractivity contribution in [3.63, 3.8) is 0 Å². The lowest BCUT2D eigenvalue weighted by molar-refractivity contribution is 0.658. The second-order valence-corrected chi connectivity index (χ2v) is 1.85. The zero-order valence-electron chi connectivity index (χ0n) is 1.84. The third kappa shape index (κ3) is 23.0. The Morgan fingerprint density at radius 1 is 2.00 bits per heavy atom. The van der Waals surface area contributed by atoms with Crippen molar-refractivity contribution in [1.29, 1.82) is 0 Å². The van der Waals surface area contributed by atoms with E-state index in [4.69, 9.17) is 4.55 Å². The van der Waals surface area contributed by atoms with E-state index in [1.54, 1.807) is 0 Å². The molecule has 0 aliphatic carbocycles. The first-order valence-corrected chi connectivity index (χ1v) is 2.75. The van der Waals surface area contributed by atoms with Gasteiger partial charge in [-0.3, -0.25) is 5.14 Å². The standard InChI is InChI=1S/H3NOS2/c1-4(2)3/h1H2,(H,2,3). The molecular formula is H3NOS2. The van der Waals surface area contributed by atoms with Crippen LogP contribution in [0.15, 0.2) is 0 Å². The Kier molecular flexibility index (Phi) is 1.99. The first-order chi connectivity index (χ1) is 1.73. The Morgan fingerprint density at radius 2 is 2.00 bits per heavy atom. The van der Waals surface area contributed by atoms with Crippen LogP contribution in [0.2, 0.25) is 0 Å². The van der Waals surface area contributed by atoms with Crippen LogP contribution in [0.1, 0.15) is 0 Å². The van der Waals surface area contributed by atoms with Crippen molar-refractivity contribution in [2.45, 2.75) is 0 Å². The molecule has 0 fully saturated rings. The van der Waals surface area contributed by atoms with Gasteiger partial charge in [-0.15, -0.1) is 0 Å². The first-order valence-electron chi connectivity index (χ1n) is 0.585. The van der Waals surface area contributed by atoms with Crippen molar-refractivity contribution < 1.29 is 4.55 Å². The van der Waals surface area contributed by atoms with Gasteiger partial charge in [0.1, 0.15) is 0 Å². The van der Waals surface area contributed by atoms with Crippen LogP contribution in [0.3, 0.4) is 0 Å². The second-order valence-electron chi connectivity index (χ2n) is 0.276. The van der Waals surface area contributed by atoms with E-state index in [9.17, 15) is 0 Å². The van der Waals surface area contributed by atoms with E-state index in [2.05, 4.69) is 16.3 Å². The summed E-state index contributed by atoms with van der Waals surface area (Å²) in [5, 5.41) is 4.51. The van der Waals surface area contributed by atoms with Crippen molar-refractivity contribution in [3.05, 3.63) is 0 Å². The molecule has 0 saturated heterocycles. The average molecular weight is 97.2 g/mol. The zero-order chi connectivity index (χ0) is 3.58. The number of hydrogen-bond acceptors (Lipinski definition) is 1. The van der Waals surface area contributed by atoms with Gasteiger partial charge in [-0.25, -0.2) is 0 Å². The molecule has 0 aliphatic heterocycles. The van der Waals surface area contributed by atoms with E-state index >= 15 is 0 Å². The lowest BCUT2D eigenvalue weighted by atomic mass is 14.0. The summed E-state index contributed by atoms with van der Waals surface area (Å²) in [6.45, 7) is 0. The Labute approximate surface area is 31.6 Å². The summed E-state index contributed by atoms with van der Waals surface area (Å²) in [4.78, 5) is 0. The minimum Gasteiger partial charge on any atom is -0.316 e. The number of hydrogen-bond donors (Lipinski definition) is 2. The predicted molar refractivity (Wildman–Crippen MR) is 21.5 cm³/mol. The Bertz CT molecular complexity index is 29.0. The number of rotatable bonds is 0. The van der Waals surface area contributed by atoms with Crippen molar-refractivity contribution in [2.75, 3.05) is 0 Å². The van der Waals surface area contributed by atoms with Crippen molar-refractivity contribution in [2.24, 2.45) is 5.14 Å². The molecule has 0 aromatic rings. The van der Waals surface area contributed by atoms with Crippen LogP contribution in [0, 0.1) is 0 Å². The van der Waals surface area contributed by atoms with Crippen LogP contribution in [-0.2, 0) is 21.1 Å². The molecule has 1 atom stereocenters. The lowest BCUT2D eigenvalue weighted by Gasteiger charge is -1.67. The Balaban J connectivity index is 2.80. The molecule has 0 spiro atoms. The van der Waals surface area contributed by atoms with E-state index in [0.717, 1.165) is 0 Å². The highest BCUT2D eigenvalue weighted by Crippen LogP contribution is 1.38. The SMILES string of the molecule is NS(O)=S. The third-order valence-corrected chi connectivity index (χ3v) is 0. The number of nitrogens with two attached hydrogens (primary N) is 1. The largest absolute Gasteiger partial charge is 0.316 e. The van der Waals surface area contributed by atoms with E-state index in [-0.39, 0.29) is 0 Å². The average Bonchev–Trinajstić information content (AvgIpc) is 0.811. The molecule has 0 aromatic heterocycles. The smallest absolute Gasteiger partial charge is 0.0752 e. The van der Waals surface area contributed by atoms with Gasteiger partial charge in [-0.1, -0.05) is 0 Å². The van der Waals surface area contributed by atoms with E-state index in [0.29, 0.717) is 0 Å². The summed E-state index contributed by atoms with van der Waals surface area (Å²) in [5.74, 6) is 0. The maximum absolute atomic E-state index is 7.68. The highest BCUT2D eigenvalue weighted by molar-refractivity contribution is 8.24. The maximum Gasteiger partial charge on any atom is 0.0752 e. The summed E-state index contributed by atoms with van der Waals surface area (Å²) in [6, 6.07) is 0. The van der Waals surface area contributed by atoms with Crippen LogP contribution >= 0.6 is 0 Å². The fourth-order valence-electron chi connectivity index (χ4n) is 0. The molecule has 0 radical (unpaired) electrons. The maximum atomic E-state index is 7.68. The van der Waals surface area contributed by atoms with Gasteiger partial charge in [0, 0.05) is 0 Å². The molecule has 1 unspecified atom stereocenters. The van der Waals surface area contributed by atoms with Gasteiger partial charge in [0.2, 0.25) is 0 Å². The molecule has 0 rings (SSSR count). The zero-order valence-corrected chi connectivity index (χ0v) is 3.47. The monoisotopic (exact) mass is 97.0 g/mol. The fraction of sp³-hybridized carbons (Fsp3) is 0. The molecule has 3 N–H and O–H groups in total. The van der Waals surface area contributed by atoms with Crippen LogP contribution < -0.4 is 5.14 Å². The van der Waals surface area contributed by atoms with Crippen LogP contribution in [0.5, 0.6) is 0 Å². The predicted octanol–water partition coefficient (Wildman–Crippen LogP) is -0.587. The van der Waals surface area contributed by atoms with Crippen molar-refractivity contribution in [1.82, 2.24) is 0 Å². The van der Waals surface area contributed by atoms with E-state index in [1.165, 1.54) is 0 Å². The quantitative estimate of drug-likeness (QED) is 0.425. The fourth-order valence-corrected chi connectivity index (χ4v) is 0. The highest BCUT2D eigenvalue weighted by atomic mass is 32.8. The van der Waals surface area contributed by atoms with Gasteiger partial charge in [-0.2, -0.15) is 0 Å². The molecule has 4 heteroatoms. The Hall–Kier alpha value is 0.490. The van der Waals surface area contributed by atoms with Crippen molar-refractivity contribution >= 4 is 21.1 Å². The van der Waals surface area contributed by atoms with Gasteiger partial charge < -0.3 is 4.55 Å². The molecule has 0 bridgehead atoms. The van der Waals surface area contributed by atoms with Gasteiger partial charge in [0.15, 0.2) is 0 Å². The molecule has 0 aliphatic rings. The minimum atomic E-state index is -1.28. The van der Waals surface area contributed by atoms with Gasteiger partial charge in [0.25, 0.3) is 0 Å². The van der Waals surface area contributed by atoms with Gasteiger partial charge >= 0.3 is 0 Å². The first kappa shape index (κ1) is 4.49. The normalized spacial score (nSPS) is 15.5. The summed E-state index contributed by atoms with van der Waals surface area (Å²) in [6.07, 6.45) is 0. The van der Waals surface area contributed by atoms with Crippen LogP contribution in [0.25, 0.3) is 0 Å². The minimum absolute atomic E-state index is 1.28. The molecule has 26 valence electrons. The molecular weight excluding hydrogens is 94.1 g/mol. The summed E-state index contributed by atoms with van der Waals surface area (Å²) in [7, 11) is -1.28. The highest BCUT2D eigenvalue weighted by Gasteiger charge is 1.52. The topological polar surface area (TPSA) is 46.2 Å². The molecule has 4 heavy (non-hydrogen) atoms. The van der Waals surface area contributed by atoms with Crippen LogP contribution in [0.4, 0.5) is 0 Å². The van der Waals surface area contributed by atoms with E-state index in [1.807, 2.05) is 0 Å². The molecule has 0 amide bonds. The molecule has 2 nitrogen and oxygen atoms in total. The second kappa shape index (κ2) is 1.78. The summed E-state index contributed by atoms with van der Waals surface area (Å²) < 4.78 is 7.68. The third-order valence-electron chi connectivity index (χ3n) is 0. The van der Waals surface area contributed by atoms with Gasteiger partial charge in [-0.05, 0) is 11.2 Å². The Morgan fingerprint density at radius 3 is 2.00 bits per heavy atom. The summed E-state index contributed by atoms with van der Waals surface area (Å²) in [5.41, 5.74) is 0. The summed E-state index contributed by atoms with van der Waals surface area (Å²) >= 11 is 3.98. The lowest BCUT2D eigenvalue weighted by Crippen LogP contribution is -1.94. The molecule has 0 aromatic carbocycles. The molecule has 0 heterocycles. The molecule has 0 saturated carbocycles. The van der Waals surface area contributed by atoms with Crippen molar-refractivity contribution in [3.8, 4) is 0 Å². The van der Waals surface area contributed by atoms with Gasteiger partial charge in [0.05, 0.1) is 9.92 Å². The van der Waals surface area contributed by atoms with Crippen LogP contribution in [-0.4, -0.2) is 4.55 Å². The van der Waals surface area contributed by atoms with E-state index < -0.39 is 9.92 Å².